The number of carbonyl (C=O) groups excluding carboxylic acids is 1. The first-order valence-corrected chi connectivity index (χ1v) is 5.25. The third-order valence-corrected chi connectivity index (χ3v) is 2.55. The van der Waals surface area contributed by atoms with Crippen molar-refractivity contribution in [1.29, 1.82) is 0 Å². The Kier molecular flexibility index (Phi) is 3.01. The van der Waals surface area contributed by atoms with Gasteiger partial charge in [0.2, 0.25) is 0 Å². The number of amides is 1. The average Bonchev–Trinajstić information content (AvgIpc) is 2.53. The molecular weight excluding hydrogens is 192 g/mol. The Bertz CT molecular complexity index is 339. The normalized spacial score (nSPS) is 17.5. The minimum Gasteiger partial charge on any atom is -0.340 e. The van der Waals surface area contributed by atoms with E-state index in [9.17, 15) is 4.79 Å². The van der Waals surface area contributed by atoms with Crippen molar-refractivity contribution in [2.75, 3.05) is 26.2 Å². The molecule has 1 aliphatic rings. The standard InChI is InChI=1S/C10H16N4O/c1-13-7-9(12-8-13)10(15)14-5-2-3-11-4-6-14/h7-8,11H,2-6H2,1H3. The largest absolute Gasteiger partial charge is 0.340 e. The van der Waals surface area contributed by atoms with Crippen LogP contribution in [-0.2, 0) is 7.05 Å². The minimum absolute atomic E-state index is 0.0410. The minimum atomic E-state index is 0.0410. The summed E-state index contributed by atoms with van der Waals surface area (Å²) in [6.45, 7) is 3.46. The highest BCUT2D eigenvalue weighted by Gasteiger charge is 2.18. The van der Waals surface area contributed by atoms with Crippen molar-refractivity contribution >= 4 is 5.91 Å². The van der Waals surface area contributed by atoms with Crippen LogP contribution in [-0.4, -0.2) is 46.5 Å². The number of nitrogens with zero attached hydrogens (tertiary/aromatic N) is 3. The summed E-state index contributed by atoms with van der Waals surface area (Å²) in [4.78, 5) is 17.9. The molecule has 0 saturated carbocycles. The molecule has 0 unspecified atom stereocenters. The van der Waals surface area contributed by atoms with E-state index in [2.05, 4.69) is 10.3 Å². The predicted octanol–water partition coefficient (Wildman–Crippen LogP) is -0.144. The molecule has 1 aliphatic heterocycles. The Labute approximate surface area is 89.1 Å². The molecule has 82 valence electrons. The summed E-state index contributed by atoms with van der Waals surface area (Å²) < 4.78 is 1.79. The molecule has 5 heteroatoms. The quantitative estimate of drug-likeness (QED) is 0.698. The maximum Gasteiger partial charge on any atom is 0.274 e. The van der Waals surface area contributed by atoms with E-state index < -0.39 is 0 Å². The zero-order valence-corrected chi connectivity index (χ0v) is 8.94. The fraction of sp³-hybridized carbons (Fsp3) is 0.600. The number of hydrogen-bond donors (Lipinski definition) is 1. The van der Waals surface area contributed by atoms with E-state index in [0.29, 0.717) is 5.69 Å². The predicted molar refractivity (Wildman–Crippen MR) is 56.6 cm³/mol. The van der Waals surface area contributed by atoms with Gasteiger partial charge in [-0.25, -0.2) is 4.98 Å². The van der Waals surface area contributed by atoms with Crippen molar-refractivity contribution in [1.82, 2.24) is 19.8 Å². The van der Waals surface area contributed by atoms with E-state index >= 15 is 0 Å². The molecule has 1 N–H and O–H groups in total. The summed E-state index contributed by atoms with van der Waals surface area (Å²) in [5.74, 6) is 0.0410. The molecule has 0 bridgehead atoms. The molecule has 5 nitrogen and oxygen atoms in total. The molecule has 1 aromatic rings. The zero-order chi connectivity index (χ0) is 10.7. The molecule has 1 amide bonds. The Balaban J connectivity index is 2.06. The molecule has 0 atom stereocenters. The van der Waals surface area contributed by atoms with Crippen LogP contribution in [0.3, 0.4) is 0 Å². The maximum absolute atomic E-state index is 12.0. The molecule has 0 radical (unpaired) electrons. The molecule has 2 heterocycles. The Hall–Kier alpha value is -1.36. The smallest absolute Gasteiger partial charge is 0.274 e. The zero-order valence-electron chi connectivity index (χ0n) is 8.94. The maximum atomic E-state index is 12.0. The van der Waals surface area contributed by atoms with E-state index in [1.165, 1.54) is 0 Å². The van der Waals surface area contributed by atoms with Crippen LogP contribution >= 0.6 is 0 Å². The molecule has 15 heavy (non-hydrogen) atoms. The van der Waals surface area contributed by atoms with Crippen LogP contribution in [0.15, 0.2) is 12.5 Å². The highest BCUT2D eigenvalue weighted by atomic mass is 16.2. The number of imidazole rings is 1. The molecule has 2 rings (SSSR count). The lowest BCUT2D eigenvalue weighted by atomic mass is 10.3. The third-order valence-electron chi connectivity index (χ3n) is 2.55. The number of rotatable bonds is 1. The number of aryl methyl sites for hydroxylation is 1. The lowest BCUT2D eigenvalue weighted by Gasteiger charge is -2.18. The van der Waals surface area contributed by atoms with Gasteiger partial charge in [0, 0.05) is 32.9 Å². The molecule has 0 spiro atoms. The van der Waals surface area contributed by atoms with Crippen molar-refractivity contribution in [2.24, 2.45) is 7.05 Å². The second kappa shape index (κ2) is 4.44. The molecule has 1 saturated heterocycles. The van der Waals surface area contributed by atoms with Gasteiger partial charge >= 0.3 is 0 Å². The van der Waals surface area contributed by atoms with Crippen LogP contribution in [0.5, 0.6) is 0 Å². The number of hydrogen-bond acceptors (Lipinski definition) is 3. The summed E-state index contributed by atoms with van der Waals surface area (Å²) in [6.07, 6.45) is 4.43. The molecule has 0 aromatic carbocycles. The van der Waals surface area contributed by atoms with Crippen LogP contribution in [0.2, 0.25) is 0 Å². The fourth-order valence-electron chi connectivity index (χ4n) is 1.73. The Morgan fingerprint density at radius 1 is 1.47 bits per heavy atom. The van der Waals surface area contributed by atoms with E-state index in [-0.39, 0.29) is 5.91 Å². The second-order valence-corrected chi connectivity index (χ2v) is 3.82. The topological polar surface area (TPSA) is 50.2 Å². The molecular formula is C10H16N4O. The number of nitrogens with one attached hydrogen (secondary N) is 1. The highest BCUT2D eigenvalue weighted by Crippen LogP contribution is 2.03. The van der Waals surface area contributed by atoms with E-state index in [1.54, 1.807) is 17.1 Å². The summed E-state index contributed by atoms with van der Waals surface area (Å²) in [7, 11) is 1.87. The van der Waals surface area contributed by atoms with E-state index in [4.69, 9.17) is 0 Å². The second-order valence-electron chi connectivity index (χ2n) is 3.82. The van der Waals surface area contributed by atoms with Crippen molar-refractivity contribution in [3.63, 3.8) is 0 Å². The first-order chi connectivity index (χ1) is 7.27. The summed E-state index contributed by atoms with van der Waals surface area (Å²) in [5, 5.41) is 3.27. The van der Waals surface area contributed by atoms with E-state index in [0.717, 1.165) is 32.6 Å². The summed E-state index contributed by atoms with van der Waals surface area (Å²) >= 11 is 0. The van der Waals surface area contributed by atoms with Gasteiger partial charge in [0.05, 0.1) is 6.33 Å². The van der Waals surface area contributed by atoms with E-state index in [1.807, 2.05) is 11.9 Å². The van der Waals surface area contributed by atoms with Crippen LogP contribution in [0, 0.1) is 0 Å². The van der Waals surface area contributed by atoms with Crippen LogP contribution in [0.4, 0.5) is 0 Å². The summed E-state index contributed by atoms with van der Waals surface area (Å²) in [5.41, 5.74) is 0.541. The van der Waals surface area contributed by atoms with Gasteiger partial charge in [-0.3, -0.25) is 4.79 Å². The first-order valence-electron chi connectivity index (χ1n) is 5.25. The molecule has 0 aliphatic carbocycles. The monoisotopic (exact) mass is 208 g/mol. The van der Waals surface area contributed by atoms with Gasteiger partial charge in [0.25, 0.3) is 5.91 Å². The SMILES string of the molecule is Cn1cnc(C(=O)N2CCCNCC2)c1. The van der Waals surface area contributed by atoms with Crippen LogP contribution in [0.25, 0.3) is 0 Å². The first kappa shape index (κ1) is 10.2. The lowest BCUT2D eigenvalue weighted by Crippen LogP contribution is -2.34. The highest BCUT2D eigenvalue weighted by molar-refractivity contribution is 5.92. The van der Waals surface area contributed by atoms with Gasteiger partial charge in [0.1, 0.15) is 5.69 Å². The van der Waals surface area contributed by atoms with Crippen molar-refractivity contribution < 1.29 is 4.79 Å². The van der Waals surface area contributed by atoms with Crippen molar-refractivity contribution in [3.8, 4) is 0 Å². The molecule has 1 aromatic heterocycles. The molecule has 1 fully saturated rings. The van der Waals surface area contributed by atoms with Crippen LogP contribution < -0.4 is 5.32 Å². The van der Waals surface area contributed by atoms with Crippen LogP contribution in [0.1, 0.15) is 16.9 Å². The Morgan fingerprint density at radius 3 is 3.07 bits per heavy atom. The average molecular weight is 208 g/mol. The van der Waals surface area contributed by atoms with Gasteiger partial charge in [-0.2, -0.15) is 0 Å². The van der Waals surface area contributed by atoms with Gasteiger partial charge in [-0.1, -0.05) is 0 Å². The summed E-state index contributed by atoms with van der Waals surface area (Å²) in [6, 6.07) is 0. The third kappa shape index (κ3) is 2.36. The van der Waals surface area contributed by atoms with Crippen molar-refractivity contribution in [2.45, 2.75) is 6.42 Å². The number of aromatic nitrogens is 2. The van der Waals surface area contributed by atoms with Crippen molar-refractivity contribution in [3.05, 3.63) is 18.2 Å². The van der Waals surface area contributed by atoms with Gasteiger partial charge in [-0.15, -0.1) is 0 Å². The fourth-order valence-corrected chi connectivity index (χ4v) is 1.73. The van der Waals surface area contributed by atoms with Gasteiger partial charge in [-0.05, 0) is 13.0 Å². The Morgan fingerprint density at radius 2 is 2.33 bits per heavy atom. The lowest BCUT2D eigenvalue weighted by molar-refractivity contribution is 0.0761. The van der Waals surface area contributed by atoms with Gasteiger partial charge < -0.3 is 14.8 Å². The number of carbonyl (C=O) groups is 1. The van der Waals surface area contributed by atoms with Gasteiger partial charge in [0.15, 0.2) is 0 Å².